The Hall–Kier alpha value is -1.76. The van der Waals surface area contributed by atoms with Gasteiger partial charge < -0.3 is 5.32 Å². The first-order chi connectivity index (χ1) is 11.7. The molecule has 0 bridgehead atoms. The van der Waals surface area contributed by atoms with Crippen molar-refractivity contribution in [3.8, 4) is 0 Å². The molecule has 134 valence electrons. The number of amides is 1. The van der Waals surface area contributed by atoms with Crippen molar-refractivity contribution >= 4 is 44.8 Å². The highest BCUT2D eigenvalue weighted by Gasteiger charge is 2.21. The summed E-state index contributed by atoms with van der Waals surface area (Å²) in [5.74, 6) is -0.0812. The number of carbonyl (C=O) groups excluding carboxylic acids is 1. The van der Waals surface area contributed by atoms with Crippen LogP contribution in [0, 0.1) is 5.92 Å². The molecule has 0 aromatic heterocycles. The maximum atomic E-state index is 12.6. The SMILES string of the molecule is CC(C)CNC(=O)c1ccccc1NS(=O)(=O)c1cc(Cl)ccc1Cl. The Morgan fingerprint density at radius 3 is 2.48 bits per heavy atom. The van der Waals surface area contributed by atoms with Crippen molar-refractivity contribution in [3.63, 3.8) is 0 Å². The maximum Gasteiger partial charge on any atom is 0.263 e. The summed E-state index contributed by atoms with van der Waals surface area (Å²) in [5.41, 5.74) is 0.393. The second kappa shape index (κ2) is 8.08. The molecule has 0 aliphatic heterocycles. The van der Waals surface area contributed by atoms with Crippen LogP contribution in [0.5, 0.6) is 0 Å². The lowest BCUT2D eigenvalue weighted by atomic mass is 10.1. The van der Waals surface area contributed by atoms with Gasteiger partial charge in [0.25, 0.3) is 15.9 Å². The van der Waals surface area contributed by atoms with Crippen molar-refractivity contribution in [1.82, 2.24) is 5.32 Å². The number of anilines is 1. The Balaban J connectivity index is 2.34. The minimum absolute atomic E-state index is 0.0404. The first kappa shape index (κ1) is 19.6. The number of rotatable bonds is 6. The summed E-state index contributed by atoms with van der Waals surface area (Å²) >= 11 is 11.8. The monoisotopic (exact) mass is 400 g/mol. The molecule has 0 saturated heterocycles. The first-order valence-electron chi connectivity index (χ1n) is 7.56. The van der Waals surface area contributed by atoms with Gasteiger partial charge in [0.2, 0.25) is 0 Å². The summed E-state index contributed by atoms with van der Waals surface area (Å²) in [5, 5.41) is 3.05. The average molecular weight is 401 g/mol. The Kier molecular flexibility index (Phi) is 6.32. The second-order valence-electron chi connectivity index (χ2n) is 5.83. The number of hydrogen-bond acceptors (Lipinski definition) is 3. The highest BCUT2D eigenvalue weighted by Crippen LogP contribution is 2.27. The molecule has 0 aliphatic rings. The van der Waals surface area contributed by atoms with E-state index in [1.807, 2.05) is 13.8 Å². The normalized spacial score (nSPS) is 11.4. The molecule has 2 aromatic rings. The van der Waals surface area contributed by atoms with E-state index in [-0.39, 0.29) is 38.0 Å². The van der Waals surface area contributed by atoms with Crippen LogP contribution in [0.25, 0.3) is 0 Å². The summed E-state index contributed by atoms with van der Waals surface area (Å²) < 4.78 is 27.7. The van der Waals surface area contributed by atoms with Gasteiger partial charge in [0, 0.05) is 11.6 Å². The molecule has 2 aromatic carbocycles. The van der Waals surface area contributed by atoms with Crippen molar-refractivity contribution < 1.29 is 13.2 Å². The Morgan fingerprint density at radius 2 is 1.80 bits per heavy atom. The van der Waals surface area contributed by atoms with E-state index in [0.717, 1.165) is 0 Å². The molecule has 0 atom stereocenters. The number of nitrogens with one attached hydrogen (secondary N) is 2. The zero-order valence-electron chi connectivity index (χ0n) is 13.7. The number of para-hydroxylation sites is 1. The third-order valence-corrected chi connectivity index (χ3v) is 5.35. The van der Waals surface area contributed by atoms with Crippen molar-refractivity contribution in [2.24, 2.45) is 5.92 Å². The highest BCUT2D eigenvalue weighted by atomic mass is 35.5. The van der Waals surface area contributed by atoms with E-state index >= 15 is 0 Å². The summed E-state index contributed by atoms with van der Waals surface area (Å²) in [4.78, 5) is 12.2. The summed E-state index contributed by atoms with van der Waals surface area (Å²) in [6, 6.07) is 10.5. The van der Waals surface area contributed by atoms with Crippen LogP contribution in [0.3, 0.4) is 0 Å². The summed E-state index contributed by atoms with van der Waals surface area (Å²) in [6.07, 6.45) is 0. The molecule has 0 unspecified atom stereocenters. The highest BCUT2D eigenvalue weighted by molar-refractivity contribution is 7.92. The van der Waals surface area contributed by atoms with Crippen molar-refractivity contribution in [2.45, 2.75) is 18.7 Å². The fourth-order valence-electron chi connectivity index (χ4n) is 2.05. The summed E-state index contributed by atoms with van der Waals surface area (Å²) in [6.45, 7) is 4.42. The zero-order valence-corrected chi connectivity index (χ0v) is 16.0. The third kappa shape index (κ3) is 5.11. The van der Waals surface area contributed by atoms with Crippen molar-refractivity contribution in [1.29, 1.82) is 0 Å². The smallest absolute Gasteiger partial charge is 0.263 e. The zero-order chi connectivity index (χ0) is 18.6. The number of carbonyl (C=O) groups is 1. The molecule has 0 heterocycles. The third-order valence-electron chi connectivity index (χ3n) is 3.27. The Bertz CT molecular complexity index is 883. The van der Waals surface area contributed by atoms with Crippen LogP contribution in [0.2, 0.25) is 10.0 Å². The lowest BCUT2D eigenvalue weighted by molar-refractivity contribution is 0.0950. The van der Waals surface area contributed by atoms with Crippen molar-refractivity contribution in [3.05, 3.63) is 58.1 Å². The Labute approximate surface area is 157 Å². The van der Waals surface area contributed by atoms with E-state index in [1.54, 1.807) is 18.2 Å². The van der Waals surface area contributed by atoms with Crippen LogP contribution >= 0.6 is 23.2 Å². The number of sulfonamides is 1. The minimum atomic E-state index is -4.00. The van der Waals surface area contributed by atoms with E-state index < -0.39 is 10.0 Å². The van der Waals surface area contributed by atoms with Crippen molar-refractivity contribution in [2.75, 3.05) is 11.3 Å². The molecule has 0 aliphatic carbocycles. The molecule has 1 amide bonds. The van der Waals surface area contributed by atoms with Gasteiger partial charge in [-0.25, -0.2) is 8.42 Å². The fraction of sp³-hybridized carbons (Fsp3) is 0.235. The quantitative estimate of drug-likeness (QED) is 0.763. The number of halogens is 2. The molecule has 5 nitrogen and oxygen atoms in total. The van der Waals surface area contributed by atoms with Gasteiger partial charge in [0.05, 0.1) is 16.3 Å². The summed E-state index contributed by atoms with van der Waals surface area (Å²) in [7, 11) is -4.00. The predicted octanol–water partition coefficient (Wildman–Crippen LogP) is 4.18. The van der Waals surface area contributed by atoms with Crippen LogP contribution in [0.15, 0.2) is 47.4 Å². The number of benzene rings is 2. The molecular weight excluding hydrogens is 383 g/mol. The van der Waals surface area contributed by atoms with E-state index in [2.05, 4.69) is 10.0 Å². The molecule has 0 spiro atoms. The van der Waals surface area contributed by atoms with E-state index in [4.69, 9.17) is 23.2 Å². The largest absolute Gasteiger partial charge is 0.352 e. The van der Waals surface area contributed by atoms with Crippen LogP contribution < -0.4 is 10.0 Å². The lowest BCUT2D eigenvalue weighted by Gasteiger charge is -2.14. The molecule has 0 radical (unpaired) electrons. The fourth-order valence-corrected chi connectivity index (χ4v) is 3.89. The Morgan fingerprint density at radius 1 is 1.12 bits per heavy atom. The van der Waals surface area contributed by atoms with Crippen LogP contribution in [0.4, 0.5) is 5.69 Å². The molecule has 25 heavy (non-hydrogen) atoms. The van der Waals surface area contributed by atoms with Gasteiger partial charge in [0.1, 0.15) is 4.90 Å². The predicted molar refractivity (Wildman–Crippen MR) is 101 cm³/mol. The van der Waals surface area contributed by atoms with E-state index in [1.165, 1.54) is 24.3 Å². The van der Waals surface area contributed by atoms with Gasteiger partial charge >= 0.3 is 0 Å². The number of hydrogen-bond donors (Lipinski definition) is 2. The minimum Gasteiger partial charge on any atom is -0.352 e. The van der Waals surface area contributed by atoms with Crippen LogP contribution in [0.1, 0.15) is 24.2 Å². The van der Waals surface area contributed by atoms with Crippen LogP contribution in [-0.2, 0) is 10.0 Å². The molecule has 0 fully saturated rings. The second-order valence-corrected chi connectivity index (χ2v) is 8.32. The first-order valence-corrected chi connectivity index (χ1v) is 9.79. The van der Waals surface area contributed by atoms with Gasteiger partial charge in [0.15, 0.2) is 0 Å². The lowest BCUT2D eigenvalue weighted by Crippen LogP contribution is -2.28. The maximum absolute atomic E-state index is 12.6. The molecule has 2 N–H and O–H groups in total. The van der Waals surface area contributed by atoms with Gasteiger partial charge in [-0.05, 0) is 36.2 Å². The topological polar surface area (TPSA) is 75.3 Å². The van der Waals surface area contributed by atoms with Crippen LogP contribution in [-0.4, -0.2) is 20.9 Å². The standard InChI is InChI=1S/C17H18Cl2N2O3S/c1-11(2)10-20-17(22)13-5-3-4-6-15(13)21-25(23,24)16-9-12(18)7-8-14(16)19/h3-9,11,21H,10H2,1-2H3,(H,20,22). The van der Waals surface area contributed by atoms with Gasteiger partial charge in [-0.15, -0.1) is 0 Å². The molecule has 8 heteroatoms. The molecular formula is C17H18Cl2N2O3S. The molecule has 2 rings (SSSR count). The average Bonchev–Trinajstić information content (AvgIpc) is 2.55. The van der Waals surface area contributed by atoms with E-state index in [9.17, 15) is 13.2 Å². The van der Waals surface area contributed by atoms with Gasteiger partial charge in [-0.3, -0.25) is 9.52 Å². The van der Waals surface area contributed by atoms with Gasteiger partial charge in [-0.1, -0.05) is 49.2 Å². The molecule has 0 saturated carbocycles. The van der Waals surface area contributed by atoms with Gasteiger partial charge in [-0.2, -0.15) is 0 Å². The van der Waals surface area contributed by atoms with E-state index in [0.29, 0.717) is 6.54 Å².